The maximum absolute atomic E-state index is 13.3. The summed E-state index contributed by atoms with van der Waals surface area (Å²) in [5.74, 6) is 0.857. The molecule has 1 fully saturated rings. The van der Waals surface area contributed by atoms with Gasteiger partial charge in [-0.2, -0.15) is 5.06 Å². The lowest BCUT2D eigenvalue weighted by molar-refractivity contribution is -0.110. The quantitative estimate of drug-likeness (QED) is 0.682. The lowest BCUT2D eigenvalue weighted by atomic mass is 9.89. The van der Waals surface area contributed by atoms with Gasteiger partial charge in [0.2, 0.25) is 5.88 Å². The highest BCUT2D eigenvalue weighted by atomic mass is 16.7. The average Bonchev–Trinajstić information content (AvgIpc) is 3.03. The number of fused-ring (bicyclic) bond motifs is 4. The highest BCUT2D eigenvalue weighted by Crippen LogP contribution is 2.45. The molecule has 2 aliphatic rings. The van der Waals surface area contributed by atoms with Gasteiger partial charge in [0.1, 0.15) is 5.58 Å². The summed E-state index contributed by atoms with van der Waals surface area (Å²) in [6.45, 7) is 1.36. The van der Waals surface area contributed by atoms with Crippen LogP contribution in [0.2, 0.25) is 0 Å². The van der Waals surface area contributed by atoms with Crippen molar-refractivity contribution in [3.05, 3.63) is 70.4 Å². The van der Waals surface area contributed by atoms with E-state index in [1.54, 1.807) is 5.06 Å². The number of hydrogen-bond acceptors (Lipinski definition) is 5. The van der Waals surface area contributed by atoms with Crippen LogP contribution in [0.15, 0.2) is 63.8 Å². The van der Waals surface area contributed by atoms with Crippen molar-refractivity contribution in [1.82, 2.24) is 5.06 Å². The Labute approximate surface area is 145 Å². The SMILES string of the molecule is CN1OCC2CN(c3ccccc3)c3oc4ccccc4c(=O)c3C21. The first kappa shape index (κ1) is 14.7. The molecular formula is C20H18N2O3. The van der Waals surface area contributed by atoms with E-state index in [4.69, 9.17) is 9.25 Å². The molecule has 2 atom stereocenters. The van der Waals surface area contributed by atoms with Crippen LogP contribution >= 0.6 is 0 Å². The Morgan fingerprint density at radius 1 is 1.04 bits per heavy atom. The highest BCUT2D eigenvalue weighted by Gasteiger charge is 2.45. The van der Waals surface area contributed by atoms with Gasteiger partial charge >= 0.3 is 0 Å². The van der Waals surface area contributed by atoms with Crippen LogP contribution in [-0.4, -0.2) is 25.3 Å². The van der Waals surface area contributed by atoms with Crippen molar-refractivity contribution < 1.29 is 9.25 Å². The van der Waals surface area contributed by atoms with Crippen LogP contribution in [0.1, 0.15) is 11.6 Å². The second-order valence-corrected chi connectivity index (χ2v) is 6.64. The van der Waals surface area contributed by atoms with Crippen molar-refractivity contribution in [3.63, 3.8) is 0 Å². The predicted molar refractivity (Wildman–Crippen MR) is 95.9 cm³/mol. The fourth-order valence-corrected chi connectivity index (χ4v) is 4.01. The normalized spacial score (nSPS) is 22.8. The van der Waals surface area contributed by atoms with Crippen molar-refractivity contribution >= 4 is 22.5 Å². The van der Waals surface area contributed by atoms with Crippen LogP contribution in [0.4, 0.5) is 11.6 Å². The van der Waals surface area contributed by atoms with Gasteiger partial charge in [0.05, 0.1) is 23.6 Å². The minimum absolute atomic E-state index is 0.0323. The molecule has 0 aliphatic carbocycles. The van der Waals surface area contributed by atoms with Crippen LogP contribution in [0.5, 0.6) is 0 Å². The van der Waals surface area contributed by atoms with E-state index in [0.717, 1.165) is 12.2 Å². The minimum Gasteiger partial charge on any atom is -0.440 e. The zero-order chi connectivity index (χ0) is 17.0. The van der Waals surface area contributed by atoms with Crippen LogP contribution in [0, 0.1) is 5.92 Å². The number of para-hydroxylation sites is 2. The molecule has 2 aromatic carbocycles. The largest absolute Gasteiger partial charge is 0.440 e. The maximum atomic E-state index is 13.3. The summed E-state index contributed by atoms with van der Waals surface area (Å²) in [5.41, 5.74) is 2.37. The topological polar surface area (TPSA) is 45.9 Å². The van der Waals surface area contributed by atoms with Gasteiger partial charge in [0.15, 0.2) is 5.43 Å². The Morgan fingerprint density at radius 3 is 2.64 bits per heavy atom. The number of nitrogens with zero attached hydrogens (tertiary/aromatic N) is 2. The van der Waals surface area contributed by atoms with Crippen LogP contribution in [0.25, 0.3) is 11.0 Å². The number of hydrogen-bond donors (Lipinski definition) is 0. The van der Waals surface area contributed by atoms with Gasteiger partial charge in [-0.05, 0) is 24.3 Å². The summed E-state index contributed by atoms with van der Waals surface area (Å²) in [4.78, 5) is 21.1. The van der Waals surface area contributed by atoms with E-state index in [-0.39, 0.29) is 17.4 Å². The Morgan fingerprint density at radius 2 is 1.80 bits per heavy atom. The summed E-state index contributed by atoms with van der Waals surface area (Å²) < 4.78 is 6.23. The number of hydroxylamine groups is 2. The number of rotatable bonds is 1. The summed E-state index contributed by atoms with van der Waals surface area (Å²) in [6, 6.07) is 17.4. The van der Waals surface area contributed by atoms with Crippen molar-refractivity contribution in [2.45, 2.75) is 6.04 Å². The van der Waals surface area contributed by atoms with E-state index in [9.17, 15) is 4.79 Å². The summed E-state index contributed by atoms with van der Waals surface area (Å²) in [7, 11) is 1.89. The second-order valence-electron chi connectivity index (χ2n) is 6.64. The van der Waals surface area contributed by atoms with Crippen molar-refractivity contribution in [1.29, 1.82) is 0 Å². The van der Waals surface area contributed by atoms with Crippen LogP contribution in [-0.2, 0) is 4.84 Å². The molecule has 25 heavy (non-hydrogen) atoms. The van der Waals surface area contributed by atoms with Gasteiger partial charge in [-0.3, -0.25) is 9.63 Å². The highest BCUT2D eigenvalue weighted by molar-refractivity contribution is 5.80. The molecule has 3 heterocycles. The van der Waals surface area contributed by atoms with Gasteiger partial charge in [-0.1, -0.05) is 30.3 Å². The summed E-state index contributed by atoms with van der Waals surface area (Å²) >= 11 is 0. The fraction of sp³-hybridized carbons (Fsp3) is 0.250. The molecule has 2 aliphatic heterocycles. The van der Waals surface area contributed by atoms with Crippen LogP contribution < -0.4 is 10.3 Å². The molecule has 126 valence electrons. The Hall–Kier alpha value is -2.63. The number of benzene rings is 2. The monoisotopic (exact) mass is 334 g/mol. The molecule has 0 radical (unpaired) electrons. The van der Waals surface area contributed by atoms with Gasteiger partial charge in [0.25, 0.3) is 0 Å². The minimum atomic E-state index is -0.0733. The fourth-order valence-electron chi connectivity index (χ4n) is 4.01. The van der Waals surface area contributed by atoms with Gasteiger partial charge < -0.3 is 9.32 Å². The van der Waals surface area contributed by atoms with Gasteiger partial charge in [-0.25, -0.2) is 0 Å². The third kappa shape index (κ3) is 2.13. The van der Waals surface area contributed by atoms with Gasteiger partial charge in [0, 0.05) is 25.2 Å². The lowest BCUT2D eigenvalue weighted by Gasteiger charge is -2.36. The molecule has 3 aromatic rings. The molecule has 5 nitrogen and oxygen atoms in total. The zero-order valence-corrected chi connectivity index (χ0v) is 13.9. The van der Waals surface area contributed by atoms with Crippen molar-refractivity contribution in [3.8, 4) is 0 Å². The van der Waals surface area contributed by atoms with Gasteiger partial charge in [-0.15, -0.1) is 0 Å². The van der Waals surface area contributed by atoms with E-state index in [1.165, 1.54) is 0 Å². The molecule has 5 rings (SSSR count). The first-order valence-corrected chi connectivity index (χ1v) is 8.48. The third-order valence-corrected chi connectivity index (χ3v) is 5.17. The third-order valence-electron chi connectivity index (χ3n) is 5.17. The van der Waals surface area contributed by atoms with E-state index in [2.05, 4.69) is 4.90 Å². The first-order valence-electron chi connectivity index (χ1n) is 8.48. The summed E-state index contributed by atoms with van der Waals surface area (Å²) in [5, 5.41) is 2.42. The van der Waals surface area contributed by atoms with Crippen LogP contribution in [0.3, 0.4) is 0 Å². The average molecular weight is 334 g/mol. The Kier molecular flexibility index (Phi) is 3.20. The first-order chi connectivity index (χ1) is 12.2. The molecule has 1 saturated heterocycles. The maximum Gasteiger partial charge on any atom is 0.209 e. The predicted octanol–water partition coefficient (Wildman–Crippen LogP) is 3.48. The summed E-state index contributed by atoms with van der Waals surface area (Å²) in [6.07, 6.45) is 0. The molecule has 0 bridgehead atoms. The molecule has 0 amide bonds. The Bertz CT molecular complexity index is 999. The molecule has 5 heteroatoms. The number of anilines is 2. The standard InChI is InChI=1S/C20H18N2O3/c1-21-18-13(12-24-21)11-22(14-7-3-2-4-8-14)20-17(18)19(23)15-9-5-6-10-16(15)25-20/h2-10,13,18H,11-12H2,1H3. The zero-order valence-electron chi connectivity index (χ0n) is 13.9. The molecule has 0 saturated carbocycles. The van der Waals surface area contributed by atoms with E-state index in [1.807, 2.05) is 61.6 Å². The molecule has 1 aromatic heterocycles. The van der Waals surface area contributed by atoms with E-state index < -0.39 is 0 Å². The Balaban J connectivity index is 1.81. The van der Waals surface area contributed by atoms with Crippen molar-refractivity contribution in [2.75, 3.05) is 25.1 Å². The van der Waals surface area contributed by atoms with Crippen molar-refractivity contribution in [2.24, 2.45) is 5.92 Å². The van der Waals surface area contributed by atoms with E-state index >= 15 is 0 Å². The molecular weight excluding hydrogens is 316 g/mol. The molecule has 0 spiro atoms. The van der Waals surface area contributed by atoms with E-state index in [0.29, 0.717) is 29.0 Å². The smallest absolute Gasteiger partial charge is 0.209 e. The molecule has 0 N–H and O–H groups in total. The second kappa shape index (κ2) is 5.44. The lowest BCUT2D eigenvalue weighted by Crippen LogP contribution is -2.39. The molecule has 2 unspecified atom stereocenters.